The zero-order chi connectivity index (χ0) is 27.2. The van der Waals surface area contributed by atoms with E-state index in [2.05, 4.69) is 29.5 Å². The van der Waals surface area contributed by atoms with Gasteiger partial charge in [-0.1, -0.05) is 113 Å². The fourth-order valence-corrected chi connectivity index (χ4v) is 0.583. The van der Waals surface area contributed by atoms with Crippen LogP contribution in [0.25, 0.3) is 0 Å². The number of nitrogens with zero attached hydrogens (tertiary/aromatic N) is 2. The number of hydrogen-bond acceptors (Lipinski definition) is 3. The summed E-state index contributed by atoms with van der Waals surface area (Å²) in [6.07, 6.45) is 10.4. The molecule has 0 atom stereocenters. The molecule has 190 valence electrons. The van der Waals surface area contributed by atoms with Gasteiger partial charge in [-0.2, -0.15) is 10.2 Å². The van der Waals surface area contributed by atoms with Crippen LogP contribution in [0.3, 0.4) is 0 Å². The van der Waals surface area contributed by atoms with E-state index in [0.29, 0.717) is 0 Å². The van der Waals surface area contributed by atoms with Crippen molar-refractivity contribution in [3.8, 4) is 0 Å². The van der Waals surface area contributed by atoms with Gasteiger partial charge in [-0.3, -0.25) is 0 Å². The van der Waals surface area contributed by atoms with Crippen molar-refractivity contribution in [2.45, 2.75) is 117 Å². The third-order valence-corrected chi connectivity index (χ3v) is 1.12. The third-order valence-electron chi connectivity index (χ3n) is 1.12. The normalized spacial score (nSPS) is 6.83. The predicted molar refractivity (Wildman–Crippen MR) is 152 cm³/mol. The number of hydrogen-bond donors (Lipinski definition) is 1. The molecule has 0 unspecified atom stereocenters. The highest BCUT2D eigenvalue weighted by Gasteiger charge is 1.85. The van der Waals surface area contributed by atoms with Gasteiger partial charge in [0.15, 0.2) is 0 Å². The molecule has 0 rings (SSSR count). The number of aliphatic hydroxyl groups excluding tert-OH is 1. The van der Waals surface area contributed by atoms with Gasteiger partial charge in [-0.15, -0.1) is 13.2 Å². The lowest BCUT2D eigenvalue weighted by Gasteiger charge is -1.90. The van der Waals surface area contributed by atoms with Crippen LogP contribution in [0.15, 0.2) is 59.5 Å². The van der Waals surface area contributed by atoms with Gasteiger partial charge in [0.2, 0.25) is 0 Å². The minimum atomic E-state index is 0.879. The second kappa shape index (κ2) is 214. The minimum absolute atomic E-state index is 0.879. The average molecular weight is 435 g/mol. The zero-order valence-corrected chi connectivity index (χ0v) is 24.8. The molecule has 0 aromatic heterocycles. The summed E-state index contributed by atoms with van der Waals surface area (Å²) in [5.41, 5.74) is 1.01. The van der Waals surface area contributed by atoms with E-state index in [1.54, 1.807) is 19.2 Å². The zero-order valence-electron chi connectivity index (χ0n) is 24.8. The lowest BCUT2D eigenvalue weighted by Crippen LogP contribution is -1.72. The van der Waals surface area contributed by atoms with Gasteiger partial charge < -0.3 is 5.11 Å². The maximum absolute atomic E-state index is 7.00. The first-order chi connectivity index (χ1) is 14.7. The van der Waals surface area contributed by atoms with Crippen molar-refractivity contribution < 1.29 is 5.11 Å². The van der Waals surface area contributed by atoms with Crippen molar-refractivity contribution in [1.82, 2.24) is 0 Å². The van der Waals surface area contributed by atoms with Crippen LogP contribution in [-0.4, -0.2) is 19.3 Å². The Morgan fingerprint density at radius 3 is 1.03 bits per heavy atom. The molecule has 30 heavy (non-hydrogen) atoms. The Morgan fingerprint density at radius 1 is 0.667 bits per heavy atom. The Balaban J connectivity index is -0.0000000212. The van der Waals surface area contributed by atoms with Gasteiger partial charge >= 0.3 is 0 Å². The second-order valence-corrected chi connectivity index (χ2v) is 2.67. The first-order valence-corrected chi connectivity index (χ1v) is 11.8. The van der Waals surface area contributed by atoms with E-state index >= 15 is 0 Å². The summed E-state index contributed by atoms with van der Waals surface area (Å²) in [5.74, 6) is 0. The molecule has 3 heteroatoms. The molecule has 0 aromatic carbocycles. The topological polar surface area (TPSA) is 45.0 Å². The van der Waals surface area contributed by atoms with Crippen LogP contribution in [0.1, 0.15) is 117 Å². The molecule has 0 bridgehead atoms. The molecule has 0 spiro atoms. The number of azo groups is 1. The lowest BCUT2D eigenvalue weighted by molar-refractivity contribution is 0.399. The number of rotatable bonds is 3. The third kappa shape index (κ3) is 305. The smallest absolute Gasteiger partial charge is 0.0621 e. The van der Waals surface area contributed by atoms with E-state index in [1.807, 2.05) is 123 Å². The molecule has 0 aliphatic carbocycles. The standard InChI is InChI=1S/C8H14N2.2C3H6.6C2H6.CH4O/c1-4-6-7-8(5-2)10-9-3;2*1-3-2;7*1-2/h4-6H,7H2,1-3H3;2*3H,1H2,2H3;6*1-2H3;2H,1H3/b6-4?,8-5+,10-9?;;;;;;;;;. The van der Waals surface area contributed by atoms with Gasteiger partial charge in [0.1, 0.15) is 0 Å². The SMILES string of the molecule is C=CC.C=CC.CC.CC.CC.CC.CC.CC.CC=CC/C(=C\C)N=NC.CO. The molecule has 0 amide bonds. The monoisotopic (exact) mass is 435 g/mol. The Kier molecular flexibility index (Phi) is 448. The first kappa shape index (κ1) is 63.0. The van der Waals surface area contributed by atoms with E-state index in [4.69, 9.17) is 5.11 Å². The fraction of sp³-hybridized carbons (Fsp3) is 0.704. The van der Waals surface area contributed by atoms with Crippen molar-refractivity contribution in [3.05, 3.63) is 49.2 Å². The van der Waals surface area contributed by atoms with E-state index in [1.165, 1.54) is 0 Å². The number of allylic oxidation sites excluding steroid dienone is 5. The number of aliphatic hydroxyl groups is 1. The Bertz CT molecular complexity index is 225. The first-order valence-electron chi connectivity index (χ1n) is 11.8. The Hall–Kier alpha value is -1.48. The Morgan fingerprint density at radius 2 is 0.900 bits per heavy atom. The molecule has 0 saturated heterocycles. The largest absolute Gasteiger partial charge is 0.400 e. The quantitative estimate of drug-likeness (QED) is 0.348. The van der Waals surface area contributed by atoms with Crippen LogP contribution in [0, 0.1) is 0 Å². The molecule has 0 heterocycles. The molecule has 0 fully saturated rings. The van der Waals surface area contributed by atoms with E-state index in [-0.39, 0.29) is 0 Å². The van der Waals surface area contributed by atoms with Crippen LogP contribution in [0.5, 0.6) is 0 Å². The summed E-state index contributed by atoms with van der Waals surface area (Å²) in [6.45, 7) is 38.5. The van der Waals surface area contributed by atoms with Crippen LogP contribution < -0.4 is 0 Å². The van der Waals surface area contributed by atoms with Gasteiger partial charge in [0, 0.05) is 20.6 Å². The second-order valence-electron chi connectivity index (χ2n) is 2.67. The summed E-state index contributed by atoms with van der Waals surface area (Å²) in [7, 11) is 2.68. The summed E-state index contributed by atoms with van der Waals surface area (Å²) < 4.78 is 0. The molecule has 0 radical (unpaired) electrons. The molecule has 0 saturated carbocycles. The molecule has 0 aliphatic heterocycles. The van der Waals surface area contributed by atoms with E-state index < -0.39 is 0 Å². The highest BCUT2D eigenvalue weighted by molar-refractivity contribution is 5.03. The van der Waals surface area contributed by atoms with Crippen LogP contribution in [-0.2, 0) is 0 Å². The maximum atomic E-state index is 7.00. The van der Waals surface area contributed by atoms with Crippen LogP contribution >= 0.6 is 0 Å². The molecular weight excluding hydrogens is 368 g/mol. The minimum Gasteiger partial charge on any atom is -0.400 e. The fourth-order valence-electron chi connectivity index (χ4n) is 0.583. The highest BCUT2D eigenvalue weighted by atomic mass is 16.2. The Labute approximate surface area is 196 Å². The van der Waals surface area contributed by atoms with Crippen molar-refractivity contribution in [2.24, 2.45) is 10.2 Å². The van der Waals surface area contributed by atoms with Crippen molar-refractivity contribution in [1.29, 1.82) is 0 Å². The highest BCUT2D eigenvalue weighted by Crippen LogP contribution is 2.03. The van der Waals surface area contributed by atoms with E-state index in [0.717, 1.165) is 19.2 Å². The van der Waals surface area contributed by atoms with Crippen molar-refractivity contribution in [3.63, 3.8) is 0 Å². The maximum Gasteiger partial charge on any atom is 0.0621 e. The van der Waals surface area contributed by atoms with Gasteiger partial charge in [0.25, 0.3) is 0 Å². The molecule has 0 aromatic rings. The van der Waals surface area contributed by atoms with E-state index in [9.17, 15) is 0 Å². The molecule has 3 nitrogen and oxygen atoms in total. The van der Waals surface area contributed by atoms with Gasteiger partial charge in [0.05, 0.1) is 5.70 Å². The van der Waals surface area contributed by atoms with Crippen LogP contribution in [0.2, 0.25) is 0 Å². The summed E-state index contributed by atoms with van der Waals surface area (Å²) >= 11 is 0. The predicted octanol–water partition coefficient (Wildman–Crippen LogP) is 11.1. The summed E-state index contributed by atoms with van der Waals surface area (Å²) in [5, 5.41) is 14.6. The summed E-state index contributed by atoms with van der Waals surface area (Å²) in [6, 6.07) is 0. The molecule has 0 aliphatic rings. The van der Waals surface area contributed by atoms with Crippen molar-refractivity contribution in [2.75, 3.05) is 14.2 Å². The van der Waals surface area contributed by atoms with Gasteiger partial charge in [-0.05, 0) is 27.7 Å². The summed E-state index contributed by atoms with van der Waals surface area (Å²) in [4.78, 5) is 0. The van der Waals surface area contributed by atoms with Crippen molar-refractivity contribution >= 4 is 0 Å². The lowest BCUT2D eigenvalue weighted by atomic mass is 10.3. The van der Waals surface area contributed by atoms with Crippen LogP contribution in [0.4, 0.5) is 0 Å². The average Bonchev–Trinajstić information content (AvgIpc) is 2.86. The van der Waals surface area contributed by atoms with Gasteiger partial charge in [-0.25, -0.2) is 0 Å². The molecular formula is C27H66N2O. The molecule has 1 N–H and O–H groups in total.